The Hall–Kier alpha value is -1.47. The quantitative estimate of drug-likeness (QED) is 0.773. The fourth-order valence-electron chi connectivity index (χ4n) is 2.06. The number of hydrogen-bond acceptors (Lipinski definition) is 3. The van der Waals surface area contributed by atoms with Crippen LogP contribution in [0.2, 0.25) is 15.1 Å². The Kier molecular flexibility index (Phi) is 6.57. The van der Waals surface area contributed by atoms with Crippen molar-refractivity contribution in [3.8, 4) is 0 Å². The van der Waals surface area contributed by atoms with E-state index >= 15 is 0 Å². The van der Waals surface area contributed by atoms with Crippen molar-refractivity contribution in [2.45, 2.75) is 6.54 Å². The van der Waals surface area contributed by atoms with Crippen LogP contribution in [-0.4, -0.2) is 27.1 Å². The molecule has 5 nitrogen and oxygen atoms in total. The highest BCUT2D eigenvalue weighted by molar-refractivity contribution is 7.92. The van der Waals surface area contributed by atoms with Crippen molar-refractivity contribution in [2.75, 3.05) is 17.1 Å². The first-order valence-corrected chi connectivity index (χ1v) is 10.1. The molecule has 0 unspecified atom stereocenters. The number of halogens is 3. The lowest BCUT2D eigenvalue weighted by Gasteiger charge is -2.23. The summed E-state index contributed by atoms with van der Waals surface area (Å²) in [7, 11) is -3.73. The van der Waals surface area contributed by atoms with E-state index in [1.165, 1.54) is 12.1 Å². The summed E-state index contributed by atoms with van der Waals surface area (Å²) < 4.78 is 25.1. The van der Waals surface area contributed by atoms with Gasteiger partial charge in [0.05, 0.1) is 22.0 Å². The Balaban J connectivity index is 2.13. The monoisotopic (exact) mass is 420 g/mol. The Labute approximate surface area is 161 Å². The average molecular weight is 422 g/mol. The lowest BCUT2D eigenvalue weighted by molar-refractivity contribution is -0.119. The van der Waals surface area contributed by atoms with Crippen LogP contribution in [0.3, 0.4) is 0 Å². The zero-order valence-corrected chi connectivity index (χ0v) is 16.3. The van der Waals surface area contributed by atoms with E-state index in [2.05, 4.69) is 5.32 Å². The molecule has 0 aliphatic carbocycles. The van der Waals surface area contributed by atoms with E-state index in [1.807, 2.05) is 0 Å². The zero-order chi connectivity index (χ0) is 18.6. The zero-order valence-electron chi connectivity index (χ0n) is 13.2. The fraction of sp³-hybridized carbons (Fsp3) is 0.188. The first-order valence-electron chi connectivity index (χ1n) is 7.11. The minimum Gasteiger partial charge on any atom is -0.350 e. The van der Waals surface area contributed by atoms with Crippen LogP contribution < -0.4 is 9.62 Å². The van der Waals surface area contributed by atoms with Crippen molar-refractivity contribution in [3.05, 3.63) is 63.1 Å². The van der Waals surface area contributed by atoms with Crippen molar-refractivity contribution >= 4 is 56.4 Å². The third-order valence-electron chi connectivity index (χ3n) is 3.29. The van der Waals surface area contributed by atoms with Crippen molar-refractivity contribution in [1.82, 2.24) is 5.32 Å². The van der Waals surface area contributed by atoms with Gasteiger partial charge < -0.3 is 5.32 Å². The van der Waals surface area contributed by atoms with Crippen molar-refractivity contribution in [1.29, 1.82) is 0 Å². The molecule has 0 aliphatic heterocycles. The summed E-state index contributed by atoms with van der Waals surface area (Å²) in [5.41, 5.74) is 0.989. The van der Waals surface area contributed by atoms with Crippen molar-refractivity contribution in [2.24, 2.45) is 0 Å². The van der Waals surface area contributed by atoms with E-state index in [9.17, 15) is 13.2 Å². The van der Waals surface area contributed by atoms with Gasteiger partial charge in [-0.05, 0) is 29.8 Å². The predicted molar refractivity (Wildman–Crippen MR) is 102 cm³/mol. The van der Waals surface area contributed by atoms with E-state index in [-0.39, 0.29) is 22.3 Å². The highest BCUT2D eigenvalue weighted by Crippen LogP contribution is 2.33. The van der Waals surface area contributed by atoms with Gasteiger partial charge in [-0.2, -0.15) is 0 Å². The van der Waals surface area contributed by atoms with Gasteiger partial charge in [-0.3, -0.25) is 9.10 Å². The van der Waals surface area contributed by atoms with Gasteiger partial charge in [0.25, 0.3) is 0 Å². The van der Waals surface area contributed by atoms with E-state index in [0.717, 1.165) is 16.1 Å². The first-order chi connectivity index (χ1) is 11.7. The van der Waals surface area contributed by atoms with Gasteiger partial charge in [0, 0.05) is 11.6 Å². The molecule has 2 aromatic rings. The Morgan fingerprint density at radius 2 is 1.72 bits per heavy atom. The summed E-state index contributed by atoms with van der Waals surface area (Å²) in [4.78, 5) is 12.2. The molecule has 25 heavy (non-hydrogen) atoms. The SMILES string of the molecule is CS(=O)(=O)N(CC(=O)NCc1ccc(Cl)cc1)c1cccc(Cl)c1Cl. The predicted octanol–water partition coefficient (Wildman–Crippen LogP) is 3.73. The lowest BCUT2D eigenvalue weighted by Crippen LogP contribution is -2.40. The van der Waals surface area contributed by atoms with Gasteiger partial charge in [0.2, 0.25) is 15.9 Å². The van der Waals surface area contributed by atoms with Crippen LogP contribution >= 0.6 is 34.8 Å². The van der Waals surface area contributed by atoms with Crippen LogP contribution in [0.15, 0.2) is 42.5 Å². The molecule has 0 saturated carbocycles. The third-order valence-corrected chi connectivity index (χ3v) is 5.48. The Bertz CT molecular complexity index is 871. The van der Waals surface area contributed by atoms with Gasteiger partial charge in [0.15, 0.2) is 0 Å². The molecule has 134 valence electrons. The summed E-state index contributed by atoms with van der Waals surface area (Å²) >= 11 is 17.8. The minimum atomic E-state index is -3.73. The molecular formula is C16H15Cl3N2O3S. The van der Waals surface area contributed by atoms with Gasteiger partial charge in [-0.15, -0.1) is 0 Å². The number of hydrogen-bond donors (Lipinski definition) is 1. The topological polar surface area (TPSA) is 66.5 Å². The van der Waals surface area contributed by atoms with Crippen molar-refractivity contribution < 1.29 is 13.2 Å². The van der Waals surface area contributed by atoms with E-state index in [4.69, 9.17) is 34.8 Å². The highest BCUT2D eigenvalue weighted by atomic mass is 35.5. The molecule has 9 heteroatoms. The summed E-state index contributed by atoms with van der Waals surface area (Å²) in [6, 6.07) is 11.5. The fourth-order valence-corrected chi connectivity index (χ4v) is 3.49. The average Bonchev–Trinajstić information content (AvgIpc) is 2.54. The first kappa shape index (κ1) is 19.8. The lowest BCUT2D eigenvalue weighted by atomic mass is 10.2. The Morgan fingerprint density at radius 1 is 1.08 bits per heavy atom. The molecule has 0 aliphatic rings. The van der Waals surface area contributed by atoms with Crippen LogP contribution in [0.25, 0.3) is 0 Å². The highest BCUT2D eigenvalue weighted by Gasteiger charge is 2.23. The molecule has 0 radical (unpaired) electrons. The maximum atomic E-state index is 12.2. The molecule has 0 atom stereocenters. The number of nitrogens with zero attached hydrogens (tertiary/aromatic N) is 1. The van der Waals surface area contributed by atoms with Crippen LogP contribution in [0.1, 0.15) is 5.56 Å². The normalized spacial score (nSPS) is 11.2. The number of sulfonamides is 1. The molecule has 1 N–H and O–H groups in total. The molecule has 0 spiro atoms. The second kappa shape index (κ2) is 8.27. The third kappa shape index (κ3) is 5.51. The van der Waals surface area contributed by atoms with Crippen LogP contribution in [0, 0.1) is 0 Å². The summed E-state index contributed by atoms with van der Waals surface area (Å²) in [6.07, 6.45) is 0.997. The van der Waals surface area contributed by atoms with E-state index in [0.29, 0.717) is 5.02 Å². The molecule has 2 rings (SSSR count). The summed E-state index contributed by atoms with van der Waals surface area (Å²) in [5, 5.41) is 3.52. The molecule has 2 aromatic carbocycles. The van der Waals surface area contributed by atoms with Gasteiger partial charge in [-0.1, -0.05) is 53.0 Å². The van der Waals surface area contributed by atoms with E-state index < -0.39 is 22.5 Å². The maximum Gasteiger partial charge on any atom is 0.241 e. The largest absolute Gasteiger partial charge is 0.350 e. The molecule has 0 bridgehead atoms. The number of benzene rings is 2. The standard InChI is InChI=1S/C16H15Cl3N2O3S/c1-25(23,24)21(14-4-2-3-13(18)16(14)19)10-15(22)20-9-11-5-7-12(17)8-6-11/h2-8H,9-10H2,1H3,(H,20,22). The number of carbonyl (C=O) groups is 1. The van der Waals surface area contributed by atoms with Crippen LogP contribution in [0.4, 0.5) is 5.69 Å². The minimum absolute atomic E-state index is 0.0695. The molecular weight excluding hydrogens is 407 g/mol. The molecule has 0 heterocycles. The maximum absolute atomic E-state index is 12.2. The number of amides is 1. The number of anilines is 1. The second-order valence-electron chi connectivity index (χ2n) is 5.25. The molecule has 0 saturated heterocycles. The van der Waals surface area contributed by atoms with Crippen molar-refractivity contribution in [3.63, 3.8) is 0 Å². The number of nitrogens with one attached hydrogen (secondary N) is 1. The summed E-state index contributed by atoms with van der Waals surface area (Å²) in [6.45, 7) is -0.163. The second-order valence-corrected chi connectivity index (χ2v) is 8.37. The van der Waals surface area contributed by atoms with E-state index in [1.54, 1.807) is 30.3 Å². The van der Waals surface area contributed by atoms with Crippen LogP contribution in [-0.2, 0) is 21.4 Å². The molecule has 0 fully saturated rings. The summed E-state index contributed by atoms with van der Waals surface area (Å²) in [5.74, 6) is -0.476. The molecule has 0 aromatic heterocycles. The van der Waals surface area contributed by atoms with Crippen LogP contribution in [0.5, 0.6) is 0 Å². The molecule has 1 amide bonds. The van der Waals surface area contributed by atoms with Gasteiger partial charge in [0.1, 0.15) is 6.54 Å². The Morgan fingerprint density at radius 3 is 2.32 bits per heavy atom. The van der Waals surface area contributed by atoms with Gasteiger partial charge in [-0.25, -0.2) is 8.42 Å². The number of rotatable bonds is 6. The number of carbonyl (C=O) groups excluding carboxylic acids is 1. The van der Waals surface area contributed by atoms with Gasteiger partial charge >= 0.3 is 0 Å². The smallest absolute Gasteiger partial charge is 0.241 e.